The van der Waals surface area contributed by atoms with Gasteiger partial charge in [-0.2, -0.15) is 5.26 Å². The number of amides is 1. The lowest BCUT2D eigenvalue weighted by Gasteiger charge is -2.32. The van der Waals surface area contributed by atoms with Gasteiger partial charge in [0.25, 0.3) is 0 Å². The zero-order chi connectivity index (χ0) is 14.7. The van der Waals surface area contributed by atoms with Gasteiger partial charge >= 0.3 is 0 Å². The number of rotatable bonds is 2. The maximum absolute atomic E-state index is 12.4. The maximum Gasteiger partial charge on any atom is 0.228 e. The summed E-state index contributed by atoms with van der Waals surface area (Å²) in [5, 5.41) is 14.6. The summed E-state index contributed by atoms with van der Waals surface area (Å²) in [4.78, 5) is 14.1. The molecule has 106 valence electrons. The van der Waals surface area contributed by atoms with E-state index in [1.807, 2.05) is 30.3 Å². The average Bonchev–Trinajstić information content (AvgIpc) is 2.54. The summed E-state index contributed by atoms with van der Waals surface area (Å²) >= 11 is 0. The molecule has 1 unspecified atom stereocenters. The highest BCUT2D eigenvalue weighted by Gasteiger charge is 2.26. The number of carbonyl (C=O) groups is 1. The fourth-order valence-electron chi connectivity index (χ4n) is 2.74. The number of fused-ring (bicyclic) bond motifs is 1. The minimum Gasteiger partial charge on any atom is -0.324 e. The minimum atomic E-state index is -0.355. The summed E-state index contributed by atoms with van der Waals surface area (Å²) in [6, 6.07) is 16.0. The summed E-state index contributed by atoms with van der Waals surface area (Å²) in [5.41, 5.74) is 0.994. The summed E-state index contributed by atoms with van der Waals surface area (Å²) < 4.78 is 0. The van der Waals surface area contributed by atoms with E-state index in [0.717, 1.165) is 17.5 Å². The van der Waals surface area contributed by atoms with Gasteiger partial charge in [0.05, 0.1) is 12.5 Å². The molecule has 0 aromatic heterocycles. The van der Waals surface area contributed by atoms with Gasteiger partial charge in [-0.05, 0) is 16.3 Å². The molecule has 4 nitrogen and oxygen atoms in total. The van der Waals surface area contributed by atoms with Crippen molar-refractivity contribution in [2.24, 2.45) is 0 Å². The van der Waals surface area contributed by atoms with E-state index in [1.54, 1.807) is 4.90 Å². The van der Waals surface area contributed by atoms with Crippen LogP contribution in [0.15, 0.2) is 42.5 Å². The first kappa shape index (κ1) is 13.6. The molecule has 1 aliphatic rings. The monoisotopic (exact) mass is 279 g/mol. The van der Waals surface area contributed by atoms with Crippen molar-refractivity contribution in [3.05, 3.63) is 48.0 Å². The van der Waals surface area contributed by atoms with Crippen LogP contribution >= 0.6 is 0 Å². The number of hydrogen-bond donors (Lipinski definition) is 1. The molecule has 0 radical (unpaired) electrons. The molecule has 3 rings (SSSR count). The fourth-order valence-corrected chi connectivity index (χ4v) is 2.74. The van der Waals surface area contributed by atoms with Crippen LogP contribution in [-0.4, -0.2) is 36.5 Å². The van der Waals surface area contributed by atoms with Crippen LogP contribution in [0.5, 0.6) is 0 Å². The third-order valence-electron chi connectivity index (χ3n) is 3.88. The van der Waals surface area contributed by atoms with Crippen molar-refractivity contribution in [3.8, 4) is 6.07 Å². The van der Waals surface area contributed by atoms with Gasteiger partial charge in [-0.25, -0.2) is 0 Å². The Morgan fingerprint density at radius 1 is 1.29 bits per heavy atom. The number of piperazine rings is 1. The molecule has 1 amide bonds. The van der Waals surface area contributed by atoms with Crippen molar-refractivity contribution in [3.63, 3.8) is 0 Å². The van der Waals surface area contributed by atoms with Crippen molar-refractivity contribution in [1.82, 2.24) is 10.2 Å². The van der Waals surface area contributed by atoms with Crippen LogP contribution in [0.2, 0.25) is 0 Å². The quantitative estimate of drug-likeness (QED) is 0.910. The average molecular weight is 279 g/mol. The number of hydrogen-bond acceptors (Lipinski definition) is 3. The maximum atomic E-state index is 12.4. The molecule has 21 heavy (non-hydrogen) atoms. The number of nitriles is 1. The first-order valence-electron chi connectivity index (χ1n) is 7.15. The van der Waals surface area contributed by atoms with Crippen LogP contribution in [0.1, 0.15) is 5.56 Å². The molecule has 1 fully saturated rings. The Hall–Kier alpha value is -2.38. The fraction of sp³-hybridized carbons (Fsp3) is 0.294. The van der Waals surface area contributed by atoms with Crippen LogP contribution in [0.3, 0.4) is 0 Å². The zero-order valence-electron chi connectivity index (χ0n) is 11.7. The van der Waals surface area contributed by atoms with Gasteiger partial charge in [-0.1, -0.05) is 42.5 Å². The Morgan fingerprint density at radius 3 is 2.90 bits per heavy atom. The highest BCUT2D eigenvalue weighted by atomic mass is 16.2. The lowest BCUT2D eigenvalue weighted by Crippen LogP contribution is -2.53. The van der Waals surface area contributed by atoms with Gasteiger partial charge in [0.1, 0.15) is 6.04 Å². The normalized spacial score (nSPS) is 18.4. The van der Waals surface area contributed by atoms with Crippen molar-refractivity contribution >= 4 is 16.7 Å². The van der Waals surface area contributed by atoms with Gasteiger partial charge in [-0.3, -0.25) is 4.79 Å². The molecule has 0 spiro atoms. The Bertz CT molecular complexity index is 704. The van der Waals surface area contributed by atoms with E-state index in [1.165, 1.54) is 5.39 Å². The van der Waals surface area contributed by atoms with E-state index in [0.29, 0.717) is 19.5 Å². The molecule has 1 atom stereocenters. The largest absolute Gasteiger partial charge is 0.324 e. The van der Waals surface area contributed by atoms with Crippen molar-refractivity contribution in [1.29, 1.82) is 5.26 Å². The first-order valence-corrected chi connectivity index (χ1v) is 7.15. The van der Waals surface area contributed by atoms with Crippen LogP contribution in [-0.2, 0) is 11.2 Å². The second-order valence-corrected chi connectivity index (χ2v) is 5.29. The lowest BCUT2D eigenvalue weighted by molar-refractivity contribution is -0.132. The van der Waals surface area contributed by atoms with E-state index in [-0.39, 0.29) is 11.9 Å². The number of nitrogens with one attached hydrogen (secondary N) is 1. The predicted molar refractivity (Wildman–Crippen MR) is 81.6 cm³/mol. The smallest absolute Gasteiger partial charge is 0.228 e. The molecular formula is C17H17N3O. The van der Waals surface area contributed by atoms with Crippen molar-refractivity contribution < 1.29 is 4.79 Å². The molecule has 4 heteroatoms. The van der Waals surface area contributed by atoms with E-state index in [4.69, 9.17) is 5.26 Å². The van der Waals surface area contributed by atoms with Gasteiger partial charge in [0.2, 0.25) is 5.91 Å². The molecule has 0 saturated carbocycles. The Labute approximate surface area is 124 Å². The van der Waals surface area contributed by atoms with Gasteiger partial charge in [-0.15, -0.1) is 0 Å². The summed E-state index contributed by atoms with van der Waals surface area (Å²) in [6.45, 7) is 1.91. The van der Waals surface area contributed by atoms with Crippen LogP contribution in [0, 0.1) is 11.3 Å². The van der Waals surface area contributed by atoms with E-state index >= 15 is 0 Å². The Balaban J connectivity index is 1.78. The van der Waals surface area contributed by atoms with Crippen LogP contribution in [0.4, 0.5) is 0 Å². The predicted octanol–water partition coefficient (Wildman–Crippen LogP) is 1.71. The summed E-state index contributed by atoms with van der Waals surface area (Å²) in [7, 11) is 0. The van der Waals surface area contributed by atoms with Gasteiger partial charge in [0.15, 0.2) is 0 Å². The molecule has 0 aliphatic carbocycles. The number of nitrogens with zero attached hydrogens (tertiary/aromatic N) is 2. The van der Waals surface area contributed by atoms with Gasteiger partial charge < -0.3 is 10.2 Å². The molecule has 2 aromatic rings. The SMILES string of the molecule is N#CC1CNCCN1C(=O)Cc1ccc2ccccc2c1. The van der Waals surface area contributed by atoms with Crippen molar-refractivity contribution in [2.45, 2.75) is 12.5 Å². The van der Waals surface area contributed by atoms with E-state index in [2.05, 4.69) is 23.5 Å². The number of carbonyl (C=O) groups excluding carboxylic acids is 1. The Morgan fingerprint density at radius 2 is 2.10 bits per heavy atom. The van der Waals surface area contributed by atoms with Crippen LogP contribution < -0.4 is 5.32 Å². The van der Waals surface area contributed by atoms with Gasteiger partial charge in [0, 0.05) is 19.6 Å². The molecule has 2 aromatic carbocycles. The number of benzene rings is 2. The third kappa shape index (κ3) is 2.88. The second kappa shape index (κ2) is 5.94. The molecule has 1 heterocycles. The van der Waals surface area contributed by atoms with E-state index in [9.17, 15) is 4.79 Å². The van der Waals surface area contributed by atoms with Crippen molar-refractivity contribution in [2.75, 3.05) is 19.6 Å². The molecular weight excluding hydrogens is 262 g/mol. The summed E-state index contributed by atoms with van der Waals surface area (Å²) in [6.07, 6.45) is 0.350. The second-order valence-electron chi connectivity index (χ2n) is 5.29. The molecule has 1 N–H and O–H groups in total. The standard InChI is InChI=1S/C17H17N3O/c18-11-16-12-19-7-8-20(16)17(21)10-13-5-6-14-3-1-2-4-15(14)9-13/h1-6,9,16,19H,7-8,10,12H2. The zero-order valence-corrected chi connectivity index (χ0v) is 11.7. The first-order chi connectivity index (χ1) is 10.3. The topological polar surface area (TPSA) is 56.1 Å². The Kier molecular flexibility index (Phi) is 3.85. The lowest BCUT2D eigenvalue weighted by atomic mass is 10.0. The highest BCUT2D eigenvalue weighted by Crippen LogP contribution is 2.17. The molecule has 1 saturated heterocycles. The summed E-state index contributed by atoms with van der Waals surface area (Å²) in [5.74, 6) is 0.0262. The minimum absolute atomic E-state index is 0.0262. The molecule has 0 bridgehead atoms. The highest BCUT2D eigenvalue weighted by molar-refractivity contribution is 5.85. The van der Waals surface area contributed by atoms with Crippen LogP contribution in [0.25, 0.3) is 10.8 Å². The molecule has 1 aliphatic heterocycles. The third-order valence-corrected chi connectivity index (χ3v) is 3.88. The van der Waals surface area contributed by atoms with E-state index < -0.39 is 0 Å².